The van der Waals surface area contributed by atoms with Crippen molar-refractivity contribution >= 4 is 11.6 Å². The lowest BCUT2D eigenvalue weighted by molar-refractivity contribution is -0.117. The molecule has 0 aliphatic carbocycles. The summed E-state index contributed by atoms with van der Waals surface area (Å²) in [7, 11) is 0. The predicted octanol–water partition coefficient (Wildman–Crippen LogP) is 3.72. The molecule has 0 saturated carbocycles. The van der Waals surface area contributed by atoms with Crippen LogP contribution < -0.4 is 5.32 Å². The molecule has 6 nitrogen and oxygen atoms in total. The van der Waals surface area contributed by atoms with E-state index >= 15 is 0 Å². The highest BCUT2D eigenvalue weighted by Gasteiger charge is 2.14. The molecule has 2 aromatic carbocycles. The molecule has 134 valence electrons. The molecule has 0 unspecified atom stereocenters. The molecule has 0 atom stereocenters. The number of anilines is 1. The summed E-state index contributed by atoms with van der Waals surface area (Å²) in [6.07, 6.45) is 0. The van der Waals surface area contributed by atoms with Crippen LogP contribution in [0.2, 0.25) is 0 Å². The monoisotopic (exact) mass is 349 g/mol. The van der Waals surface area contributed by atoms with E-state index in [1.165, 1.54) is 10.4 Å². The zero-order valence-corrected chi connectivity index (χ0v) is 15.5. The number of aromatic nitrogens is 4. The topological polar surface area (TPSA) is 72.7 Å². The lowest BCUT2D eigenvalue weighted by Gasteiger charge is -2.16. The highest BCUT2D eigenvalue weighted by molar-refractivity contribution is 5.92. The SMILES string of the molecule is Cc1ccc(-c2nnn(CC(=O)Nc3c(C)cccc3C(C)C)n2)cc1. The molecule has 6 heteroatoms. The number of aryl methyl sites for hydroxylation is 2. The van der Waals surface area contributed by atoms with E-state index in [0.29, 0.717) is 11.7 Å². The smallest absolute Gasteiger partial charge is 0.248 e. The first-order valence-corrected chi connectivity index (χ1v) is 8.68. The maximum atomic E-state index is 12.5. The minimum Gasteiger partial charge on any atom is -0.324 e. The van der Waals surface area contributed by atoms with Crippen molar-refractivity contribution in [2.45, 2.75) is 40.2 Å². The maximum absolute atomic E-state index is 12.5. The van der Waals surface area contributed by atoms with Gasteiger partial charge in [0.2, 0.25) is 11.7 Å². The van der Waals surface area contributed by atoms with E-state index in [-0.39, 0.29) is 12.5 Å². The molecule has 0 fully saturated rings. The standard InChI is InChI=1S/C20H23N5O/c1-13(2)17-7-5-6-15(4)19(17)21-18(26)12-25-23-20(22-24-25)16-10-8-14(3)9-11-16/h5-11,13H,12H2,1-4H3,(H,21,26). The fourth-order valence-electron chi connectivity index (χ4n) is 2.78. The van der Waals surface area contributed by atoms with Crippen LogP contribution in [0.5, 0.6) is 0 Å². The van der Waals surface area contributed by atoms with Crippen LogP contribution >= 0.6 is 0 Å². The number of tetrazole rings is 1. The Kier molecular flexibility index (Phi) is 5.11. The summed E-state index contributed by atoms with van der Waals surface area (Å²) in [5.74, 6) is 0.661. The number of benzene rings is 2. The molecule has 0 spiro atoms. The third-order valence-corrected chi connectivity index (χ3v) is 4.24. The Morgan fingerprint density at radius 1 is 1.12 bits per heavy atom. The van der Waals surface area contributed by atoms with Crippen molar-refractivity contribution in [1.82, 2.24) is 20.2 Å². The normalized spacial score (nSPS) is 11.0. The van der Waals surface area contributed by atoms with Crippen LogP contribution in [0.1, 0.15) is 36.5 Å². The second-order valence-corrected chi connectivity index (χ2v) is 6.75. The van der Waals surface area contributed by atoms with E-state index in [4.69, 9.17) is 0 Å². The Morgan fingerprint density at radius 2 is 1.85 bits per heavy atom. The summed E-state index contributed by atoms with van der Waals surface area (Å²) in [5, 5.41) is 15.3. The van der Waals surface area contributed by atoms with Gasteiger partial charge in [-0.2, -0.15) is 4.80 Å². The molecular formula is C20H23N5O. The van der Waals surface area contributed by atoms with Gasteiger partial charge in [-0.05, 0) is 36.1 Å². The average Bonchev–Trinajstić information content (AvgIpc) is 3.05. The number of hydrogen-bond acceptors (Lipinski definition) is 4. The second-order valence-electron chi connectivity index (χ2n) is 6.75. The quantitative estimate of drug-likeness (QED) is 0.762. The Balaban J connectivity index is 1.73. The summed E-state index contributed by atoms with van der Waals surface area (Å²) in [6, 6.07) is 13.9. The number of nitrogens with zero attached hydrogens (tertiary/aromatic N) is 4. The Labute approximate surface area is 153 Å². The molecule has 1 amide bonds. The van der Waals surface area contributed by atoms with Crippen LogP contribution in [0.4, 0.5) is 5.69 Å². The lowest BCUT2D eigenvalue weighted by atomic mass is 9.98. The van der Waals surface area contributed by atoms with Crippen molar-refractivity contribution in [3.8, 4) is 11.4 Å². The number of hydrogen-bond donors (Lipinski definition) is 1. The van der Waals surface area contributed by atoms with Gasteiger partial charge < -0.3 is 5.32 Å². The summed E-state index contributed by atoms with van der Waals surface area (Å²) in [6.45, 7) is 8.25. The first-order chi connectivity index (χ1) is 12.4. The number of amides is 1. The summed E-state index contributed by atoms with van der Waals surface area (Å²) < 4.78 is 0. The second kappa shape index (κ2) is 7.47. The fourth-order valence-corrected chi connectivity index (χ4v) is 2.78. The third kappa shape index (κ3) is 3.96. The van der Waals surface area contributed by atoms with Crippen LogP contribution in [-0.2, 0) is 11.3 Å². The van der Waals surface area contributed by atoms with Crippen LogP contribution in [0.25, 0.3) is 11.4 Å². The number of carbonyl (C=O) groups excluding carboxylic acids is 1. The van der Waals surface area contributed by atoms with Crippen molar-refractivity contribution in [2.24, 2.45) is 0 Å². The zero-order chi connectivity index (χ0) is 18.7. The number of carbonyl (C=O) groups is 1. The van der Waals surface area contributed by atoms with Crippen molar-refractivity contribution in [1.29, 1.82) is 0 Å². The van der Waals surface area contributed by atoms with Crippen LogP contribution in [-0.4, -0.2) is 26.1 Å². The molecule has 3 aromatic rings. The van der Waals surface area contributed by atoms with E-state index in [0.717, 1.165) is 22.4 Å². The molecule has 1 aromatic heterocycles. The summed E-state index contributed by atoms with van der Waals surface area (Å²) >= 11 is 0. The highest BCUT2D eigenvalue weighted by atomic mass is 16.2. The van der Waals surface area contributed by atoms with Gasteiger partial charge in [0.25, 0.3) is 0 Å². The molecule has 3 rings (SSSR count). The van der Waals surface area contributed by atoms with Gasteiger partial charge >= 0.3 is 0 Å². The van der Waals surface area contributed by atoms with Crippen LogP contribution in [0.15, 0.2) is 42.5 Å². The molecule has 0 bridgehead atoms. The predicted molar refractivity (Wildman–Crippen MR) is 102 cm³/mol. The highest BCUT2D eigenvalue weighted by Crippen LogP contribution is 2.27. The molecule has 0 radical (unpaired) electrons. The molecule has 1 heterocycles. The Bertz CT molecular complexity index is 912. The van der Waals surface area contributed by atoms with Gasteiger partial charge in [-0.15, -0.1) is 10.2 Å². The molecule has 26 heavy (non-hydrogen) atoms. The Hall–Kier alpha value is -3.02. The summed E-state index contributed by atoms with van der Waals surface area (Å²) in [4.78, 5) is 13.8. The molecule has 0 aliphatic rings. The molecule has 0 saturated heterocycles. The van der Waals surface area contributed by atoms with Gasteiger partial charge in [0.05, 0.1) is 0 Å². The minimum atomic E-state index is -0.172. The van der Waals surface area contributed by atoms with Crippen molar-refractivity contribution < 1.29 is 4.79 Å². The van der Waals surface area contributed by atoms with E-state index in [2.05, 4.69) is 34.6 Å². The minimum absolute atomic E-state index is 0.0186. The largest absolute Gasteiger partial charge is 0.324 e. The van der Waals surface area contributed by atoms with Gasteiger partial charge in [-0.25, -0.2) is 0 Å². The number of nitrogens with one attached hydrogen (secondary N) is 1. The lowest BCUT2D eigenvalue weighted by Crippen LogP contribution is -2.22. The first kappa shape index (κ1) is 17.8. The molecular weight excluding hydrogens is 326 g/mol. The molecule has 1 N–H and O–H groups in total. The van der Waals surface area contributed by atoms with Gasteiger partial charge in [-0.1, -0.05) is 61.9 Å². The maximum Gasteiger partial charge on any atom is 0.248 e. The van der Waals surface area contributed by atoms with Gasteiger partial charge in [0, 0.05) is 11.3 Å². The number of rotatable bonds is 5. The van der Waals surface area contributed by atoms with E-state index in [1.54, 1.807) is 0 Å². The van der Waals surface area contributed by atoms with Crippen LogP contribution in [0, 0.1) is 13.8 Å². The molecule has 0 aliphatic heterocycles. The van der Waals surface area contributed by atoms with E-state index in [9.17, 15) is 4.79 Å². The van der Waals surface area contributed by atoms with Gasteiger partial charge in [0.1, 0.15) is 6.54 Å². The Morgan fingerprint density at radius 3 is 2.54 bits per heavy atom. The van der Waals surface area contributed by atoms with Gasteiger partial charge in [-0.3, -0.25) is 4.79 Å². The zero-order valence-electron chi connectivity index (χ0n) is 15.5. The van der Waals surface area contributed by atoms with Crippen molar-refractivity contribution in [2.75, 3.05) is 5.32 Å². The summed E-state index contributed by atoms with van der Waals surface area (Å²) in [5.41, 5.74) is 5.07. The third-order valence-electron chi connectivity index (χ3n) is 4.24. The average molecular weight is 349 g/mol. The van der Waals surface area contributed by atoms with E-state index in [1.807, 2.05) is 56.3 Å². The van der Waals surface area contributed by atoms with Crippen molar-refractivity contribution in [3.05, 3.63) is 59.2 Å². The van der Waals surface area contributed by atoms with E-state index < -0.39 is 0 Å². The van der Waals surface area contributed by atoms with Gasteiger partial charge in [0.15, 0.2) is 0 Å². The van der Waals surface area contributed by atoms with Crippen molar-refractivity contribution in [3.63, 3.8) is 0 Å². The fraction of sp³-hybridized carbons (Fsp3) is 0.300. The van der Waals surface area contributed by atoms with Crippen LogP contribution in [0.3, 0.4) is 0 Å². The first-order valence-electron chi connectivity index (χ1n) is 8.68. The number of para-hydroxylation sites is 1.